The number of hydrogen-bond acceptors (Lipinski definition) is 4. The molecule has 1 unspecified atom stereocenters. The number of ether oxygens (including phenoxy) is 1. The summed E-state index contributed by atoms with van der Waals surface area (Å²) in [6.07, 6.45) is 1.89. The highest BCUT2D eigenvalue weighted by Crippen LogP contribution is 1.95. The lowest BCUT2D eigenvalue weighted by Gasteiger charge is -2.09. The number of rotatable bonds is 6. The summed E-state index contributed by atoms with van der Waals surface area (Å²) >= 11 is 0. The first kappa shape index (κ1) is 11.4. The Kier molecular flexibility index (Phi) is 6.70. The zero-order valence-corrected chi connectivity index (χ0v) is 7.80. The van der Waals surface area contributed by atoms with Crippen molar-refractivity contribution in [2.75, 3.05) is 20.2 Å². The number of carbonyl (C=O) groups is 1. The molecule has 0 saturated heterocycles. The van der Waals surface area contributed by atoms with E-state index in [4.69, 9.17) is 10.5 Å². The molecule has 0 radical (unpaired) electrons. The first-order valence-electron chi connectivity index (χ1n) is 4.23. The van der Waals surface area contributed by atoms with Crippen LogP contribution in [0.4, 0.5) is 0 Å². The second-order valence-electron chi connectivity index (χ2n) is 2.76. The smallest absolute Gasteiger partial charge is 0.319 e. The van der Waals surface area contributed by atoms with E-state index in [1.54, 1.807) is 0 Å². The average Bonchev–Trinajstić information content (AvgIpc) is 2.11. The molecular formula is C8H18N2O2. The topological polar surface area (TPSA) is 64.3 Å². The largest absolute Gasteiger partial charge is 0.465 e. The molecule has 0 bridgehead atoms. The first-order chi connectivity index (χ1) is 5.70. The summed E-state index contributed by atoms with van der Waals surface area (Å²) in [4.78, 5) is 10.6. The van der Waals surface area contributed by atoms with Gasteiger partial charge in [0.05, 0.1) is 13.2 Å². The molecule has 0 amide bonds. The fraction of sp³-hybridized carbons (Fsp3) is 0.875. The molecule has 0 fully saturated rings. The molecule has 4 heteroatoms. The Morgan fingerprint density at radius 2 is 2.33 bits per heavy atom. The van der Waals surface area contributed by atoms with Crippen LogP contribution in [-0.2, 0) is 9.53 Å². The molecule has 3 N–H and O–H groups in total. The SMILES string of the molecule is CNC(C)CCCOC(=O)CN. The van der Waals surface area contributed by atoms with E-state index in [0.29, 0.717) is 12.6 Å². The van der Waals surface area contributed by atoms with Gasteiger partial charge in [0.15, 0.2) is 0 Å². The summed E-state index contributed by atoms with van der Waals surface area (Å²) in [6.45, 7) is 2.54. The summed E-state index contributed by atoms with van der Waals surface area (Å²) in [5.74, 6) is -0.327. The summed E-state index contributed by atoms with van der Waals surface area (Å²) in [6, 6.07) is 0.474. The molecule has 0 heterocycles. The van der Waals surface area contributed by atoms with E-state index < -0.39 is 0 Å². The number of nitrogens with two attached hydrogens (primary N) is 1. The highest BCUT2D eigenvalue weighted by atomic mass is 16.5. The predicted molar refractivity (Wildman–Crippen MR) is 47.8 cm³/mol. The lowest BCUT2D eigenvalue weighted by Crippen LogP contribution is -2.22. The Morgan fingerprint density at radius 3 is 2.83 bits per heavy atom. The van der Waals surface area contributed by atoms with Crippen LogP contribution in [0, 0.1) is 0 Å². The van der Waals surface area contributed by atoms with Gasteiger partial charge in [-0.2, -0.15) is 0 Å². The summed E-state index contributed by atoms with van der Waals surface area (Å²) in [7, 11) is 1.91. The molecule has 0 rings (SSSR count). The number of nitrogens with one attached hydrogen (secondary N) is 1. The number of esters is 1. The Bertz CT molecular complexity index is 128. The van der Waals surface area contributed by atoms with Crippen molar-refractivity contribution < 1.29 is 9.53 Å². The second-order valence-corrected chi connectivity index (χ2v) is 2.76. The zero-order valence-electron chi connectivity index (χ0n) is 7.80. The van der Waals surface area contributed by atoms with Crippen LogP contribution < -0.4 is 11.1 Å². The maximum Gasteiger partial charge on any atom is 0.319 e. The van der Waals surface area contributed by atoms with Gasteiger partial charge in [-0.25, -0.2) is 0 Å². The normalized spacial score (nSPS) is 12.6. The molecule has 0 aromatic carbocycles. The molecule has 0 aliphatic rings. The second kappa shape index (κ2) is 7.06. The van der Waals surface area contributed by atoms with Crippen LogP contribution in [0.3, 0.4) is 0 Å². The predicted octanol–water partition coefficient (Wildman–Crippen LogP) is -0.124. The third-order valence-corrected chi connectivity index (χ3v) is 1.70. The van der Waals surface area contributed by atoms with Gasteiger partial charge in [-0.1, -0.05) is 0 Å². The summed E-state index contributed by atoms with van der Waals surface area (Å²) in [5.41, 5.74) is 5.05. The van der Waals surface area contributed by atoms with Crippen LogP contribution in [0.15, 0.2) is 0 Å². The van der Waals surface area contributed by atoms with Crippen molar-refractivity contribution in [3.05, 3.63) is 0 Å². The van der Waals surface area contributed by atoms with Gasteiger partial charge >= 0.3 is 5.97 Å². The van der Waals surface area contributed by atoms with E-state index in [0.717, 1.165) is 12.8 Å². The number of hydrogen-bond donors (Lipinski definition) is 2. The lowest BCUT2D eigenvalue weighted by atomic mass is 10.2. The van der Waals surface area contributed by atoms with Crippen molar-refractivity contribution in [2.24, 2.45) is 5.73 Å². The van der Waals surface area contributed by atoms with E-state index in [-0.39, 0.29) is 12.5 Å². The summed E-state index contributed by atoms with van der Waals surface area (Å²) < 4.78 is 4.79. The van der Waals surface area contributed by atoms with E-state index in [1.807, 2.05) is 7.05 Å². The van der Waals surface area contributed by atoms with Crippen molar-refractivity contribution in [3.8, 4) is 0 Å². The van der Waals surface area contributed by atoms with Crippen LogP contribution in [0.1, 0.15) is 19.8 Å². The van der Waals surface area contributed by atoms with Crippen LogP contribution in [-0.4, -0.2) is 32.2 Å². The quantitative estimate of drug-likeness (QED) is 0.435. The van der Waals surface area contributed by atoms with Crippen LogP contribution >= 0.6 is 0 Å². The van der Waals surface area contributed by atoms with Crippen LogP contribution in [0.2, 0.25) is 0 Å². The minimum absolute atomic E-state index is 0.0262. The van der Waals surface area contributed by atoms with E-state index in [9.17, 15) is 4.79 Å². The van der Waals surface area contributed by atoms with E-state index in [2.05, 4.69) is 12.2 Å². The van der Waals surface area contributed by atoms with Gasteiger partial charge < -0.3 is 15.8 Å². The third-order valence-electron chi connectivity index (χ3n) is 1.70. The minimum atomic E-state index is -0.327. The highest BCUT2D eigenvalue weighted by Gasteiger charge is 2.00. The van der Waals surface area contributed by atoms with Gasteiger partial charge in [-0.15, -0.1) is 0 Å². The molecule has 4 nitrogen and oxygen atoms in total. The fourth-order valence-electron chi connectivity index (χ4n) is 0.779. The van der Waals surface area contributed by atoms with Crippen molar-refractivity contribution in [1.29, 1.82) is 0 Å². The molecular weight excluding hydrogens is 156 g/mol. The molecule has 72 valence electrons. The van der Waals surface area contributed by atoms with Gasteiger partial charge in [0.2, 0.25) is 0 Å². The Morgan fingerprint density at radius 1 is 1.67 bits per heavy atom. The minimum Gasteiger partial charge on any atom is -0.465 e. The Hall–Kier alpha value is -0.610. The molecule has 0 aliphatic heterocycles. The van der Waals surface area contributed by atoms with Crippen molar-refractivity contribution in [2.45, 2.75) is 25.8 Å². The zero-order chi connectivity index (χ0) is 9.40. The standard InChI is InChI=1S/C8H18N2O2/c1-7(10-2)4-3-5-12-8(11)6-9/h7,10H,3-6,9H2,1-2H3. The van der Waals surface area contributed by atoms with Gasteiger partial charge in [0.25, 0.3) is 0 Å². The fourth-order valence-corrected chi connectivity index (χ4v) is 0.779. The monoisotopic (exact) mass is 174 g/mol. The van der Waals surface area contributed by atoms with E-state index >= 15 is 0 Å². The molecule has 0 aliphatic carbocycles. The molecule has 0 aromatic rings. The maximum absolute atomic E-state index is 10.6. The van der Waals surface area contributed by atoms with Gasteiger partial charge in [0.1, 0.15) is 0 Å². The molecule has 12 heavy (non-hydrogen) atoms. The molecule has 0 spiro atoms. The molecule has 0 aromatic heterocycles. The highest BCUT2D eigenvalue weighted by molar-refractivity contribution is 5.71. The Balaban J connectivity index is 3.15. The van der Waals surface area contributed by atoms with Gasteiger partial charge in [0, 0.05) is 6.04 Å². The van der Waals surface area contributed by atoms with Crippen molar-refractivity contribution in [3.63, 3.8) is 0 Å². The van der Waals surface area contributed by atoms with Crippen molar-refractivity contribution >= 4 is 5.97 Å². The van der Waals surface area contributed by atoms with E-state index in [1.165, 1.54) is 0 Å². The third kappa shape index (κ3) is 6.12. The average molecular weight is 174 g/mol. The van der Waals surface area contributed by atoms with Crippen LogP contribution in [0.5, 0.6) is 0 Å². The number of carbonyl (C=O) groups excluding carboxylic acids is 1. The van der Waals surface area contributed by atoms with Gasteiger partial charge in [-0.3, -0.25) is 4.79 Å². The molecule has 0 saturated carbocycles. The van der Waals surface area contributed by atoms with Crippen molar-refractivity contribution in [1.82, 2.24) is 5.32 Å². The van der Waals surface area contributed by atoms with Gasteiger partial charge in [-0.05, 0) is 26.8 Å². The van der Waals surface area contributed by atoms with Crippen LogP contribution in [0.25, 0.3) is 0 Å². The Labute approximate surface area is 73.5 Å². The summed E-state index contributed by atoms with van der Waals surface area (Å²) in [5, 5.41) is 3.10. The first-order valence-corrected chi connectivity index (χ1v) is 4.23. The molecule has 1 atom stereocenters. The maximum atomic E-state index is 10.6. The lowest BCUT2D eigenvalue weighted by molar-refractivity contribution is -0.142.